The van der Waals surface area contributed by atoms with Crippen molar-refractivity contribution >= 4 is 40.7 Å². The van der Waals surface area contributed by atoms with Crippen molar-refractivity contribution in [2.75, 3.05) is 20.3 Å². The number of halogens is 1. The van der Waals surface area contributed by atoms with E-state index in [1.54, 1.807) is 7.05 Å². The summed E-state index contributed by atoms with van der Waals surface area (Å²) < 4.78 is 11.5. The minimum atomic E-state index is 0. The Labute approximate surface area is 214 Å². The van der Waals surface area contributed by atoms with Gasteiger partial charge in [-0.15, -0.1) is 24.0 Å². The maximum atomic E-state index is 6.07. The Balaban J connectivity index is 0.00000306. The highest BCUT2D eigenvalue weighted by atomic mass is 127. The maximum Gasteiger partial charge on any atom is 0.191 e. The van der Waals surface area contributed by atoms with Gasteiger partial charge in [-0.25, -0.2) is 0 Å². The van der Waals surface area contributed by atoms with Crippen molar-refractivity contribution in [3.8, 4) is 0 Å². The van der Waals surface area contributed by atoms with Crippen molar-refractivity contribution in [3.05, 3.63) is 83.4 Å². The number of ether oxygens (including phenoxy) is 2. The molecule has 176 valence electrons. The molecule has 0 spiro atoms. The largest absolute Gasteiger partial charge is 0.381 e. The summed E-state index contributed by atoms with van der Waals surface area (Å²) in [5.41, 5.74) is 3.64. The minimum absolute atomic E-state index is 0. The van der Waals surface area contributed by atoms with Crippen LogP contribution in [-0.4, -0.2) is 32.3 Å². The van der Waals surface area contributed by atoms with Crippen LogP contribution < -0.4 is 10.6 Å². The first-order valence-electron chi connectivity index (χ1n) is 11.4. The van der Waals surface area contributed by atoms with Crippen LogP contribution in [0.15, 0.2) is 71.7 Å². The average Bonchev–Trinajstić information content (AvgIpc) is 2.85. The third-order valence-corrected chi connectivity index (χ3v) is 5.96. The van der Waals surface area contributed by atoms with E-state index in [4.69, 9.17) is 9.47 Å². The molecular formula is C27H34IN3O2. The van der Waals surface area contributed by atoms with Gasteiger partial charge < -0.3 is 20.1 Å². The number of guanidine groups is 1. The van der Waals surface area contributed by atoms with Crippen molar-refractivity contribution in [1.82, 2.24) is 10.6 Å². The Bertz CT molecular complexity index is 1050. The van der Waals surface area contributed by atoms with E-state index < -0.39 is 0 Å². The van der Waals surface area contributed by atoms with Crippen LogP contribution in [0.2, 0.25) is 0 Å². The van der Waals surface area contributed by atoms with E-state index in [2.05, 4.69) is 89.3 Å². The molecule has 0 amide bonds. The quantitative estimate of drug-likeness (QED) is 0.226. The first-order valence-corrected chi connectivity index (χ1v) is 11.4. The number of hydrogen-bond acceptors (Lipinski definition) is 3. The van der Waals surface area contributed by atoms with Gasteiger partial charge in [0.2, 0.25) is 0 Å². The molecule has 3 aromatic rings. The van der Waals surface area contributed by atoms with Crippen LogP contribution in [0.5, 0.6) is 0 Å². The summed E-state index contributed by atoms with van der Waals surface area (Å²) in [4.78, 5) is 4.41. The molecule has 1 atom stereocenters. The number of rotatable bonds is 7. The lowest BCUT2D eigenvalue weighted by atomic mass is 10.0. The van der Waals surface area contributed by atoms with Gasteiger partial charge in [0.15, 0.2) is 5.96 Å². The second-order valence-corrected chi connectivity index (χ2v) is 8.34. The average molecular weight is 559 g/mol. The smallest absolute Gasteiger partial charge is 0.191 e. The molecule has 1 unspecified atom stereocenters. The standard InChI is InChI=1S/C27H33N3O2.HI/c1-20(24-11-10-23-8-3-4-9-25(23)17-24)30-27(28-2)29-18-21-6-5-7-22(16-21)19-32-26-12-14-31-15-13-26;/h3-11,16-17,20,26H,12-15,18-19H2,1-2H3,(H2,28,29,30);1H. The van der Waals surface area contributed by atoms with Crippen molar-refractivity contribution in [3.63, 3.8) is 0 Å². The number of hydrogen-bond donors (Lipinski definition) is 2. The van der Waals surface area contributed by atoms with Crippen molar-refractivity contribution in [2.45, 2.75) is 45.1 Å². The molecule has 2 N–H and O–H groups in total. The zero-order valence-electron chi connectivity index (χ0n) is 19.4. The van der Waals surface area contributed by atoms with E-state index in [-0.39, 0.29) is 30.0 Å². The van der Waals surface area contributed by atoms with Crippen molar-refractivity contribution in [2.24, 2.45) is 4.99 Å². The lowest BCUT2D eigenvalue weighted by molar-refractivity contribution is -0.0390. The van der Waals surface area contributed by atoms with E-state index in [1.807, 2.05) is 0 Å². The third-order valence-electron chi connectivity index (χ3n) is 5.96. The molecule has 1 heterocycles. The SMILES string of the molecule is CN=C(NCc1cccc(COC2CCOCC2)c1)NC(C)c1ccc2ccccc2c1.I. The lowest BCUT2D eigenvalue weighted by Crippen LogP contribution is -2.38. The van der Waals surface area contributed by atoms with Gasteiger partial charge in [0.1, 0.15) is 0 Å². The van der Waals surface area contributed by atoms with E-state index in [1.165, 1.54) is 27.5 Å². The van der Waals surface area contributed by atoms with Gasteiger partial charge in [-0.1, -0.05) is 60.7 Å². The van der Waals surface area contributed by atoms with Gasteiger partial charge in [0.25, 0.3) is 0 Å². The normalized spacial score (nSPS) is 15.6. The Morgan fingerprint density at radius 2 is 1.76 bits per heavy atom. The highest BCUT2D eigenvalue weighted by molar-refractivity contribution is 14.0. The molecule has 0 bridgehead atoms. The Kier molecular flexibility index (Phi) is 9.96. The zero-order chi connectivity index (χ0) is 22.2. The summed E-state index contributed by atoms with van der Waals surface area (Å²) in [5.74, 6) is 0.787. The first kappa shape index (κ1) is 25.5. The summed E-state index contributed by atoms with van der Waals surface area (Å²) in [6.07, 6.45) is 2.28. The summed E-state index contributed by atoms with van der Waals surface area (Å²) in [7, 11) is 1.81. The third kappa shape index (κ3) is 7.42. The van der Waals surface area contributed by atoms with Crippen molar-refractivity contribution in [1.29, 1.82) is 0 Å². The van der Waals surface area contributed by atoms with Gasteiger partial charge in [0.05, 0.1) is 18.8 Å². The molecular weight excluding hydrogens is 525 g/mol. The van der Waals surface area contributed by atoms with Crippen LogP contribution in [0.4, 0.5) is 0 Å². The van der Waals surface area contributed by atoms with Crippen LogP contribution in [0.3, 0.4) is 0 Å². The molecule has 3 aromatic carbocycles. The predicted octanol–water partition coefficient (Wildman–Crippen LogP) is 5.58. The molecule has 1 fully saturated rings. The number of benzene rings is 3. The van der Waals surface area contributed by atoms with Gasteiger partial charge in [0, 0.05) is 26.8 Å². The molecule has 0 radical (unpaired) electrons. The zero-order valence-corrected chi connectivity index (χ0v) is 21.8. The monoisotopic (exact) mass is 559 g/mol. The summed E-state index contributed by atoms with van der Waals surface area (Å²) in [6.45, 7) is 5.11. The molecule has 1 saturated heterocycles. The molecule has 5 nitrogen and oxygen atoms in total. The molecule has 0 aliphatic carbocycles. The fourth-order valence-corrected chi connectivity index (χ4v) is 4.03. The second-order valence-electron chi connectivity index (χ2n) is 8.34. The van der Waals surface area contributed by atoms with Crippen LogP contribution in [0.25, 0.3) is 10.8 Å². The Morgan fingerprint density at radius 3 is 2.55 bits per heavy atom. The fourth-order valence-electron chi connectivity index (χ4n) is 4.03. The summed E-state index contributed by atoms with van der Waals surface area (Å²) in [5, 5.41) is 9.45. The molecule has 33 heavy (non-hydrogen) atoms. The van der Waals surface area contributed by atoms with E-state index >= 15 is 0 Å². The molecule has 1 aliphatic heterocycles. The lowest BCUT2D eigenvalue weighted by Gasteiger charge is -2.22. The van der Waals surface area contributed by atoms with Gasteiger partial charge in [-0.2, -0.15) is 0 Å². The highest BCUT2D eigenvalue weighted by Crippen LogP contribution is 2.20. The molecule has 4 rings (SSSR count). The minimum Gasteiger partial charge on any atom is -0.381 e. The van der Waals surface area contributed by atoms with E-state index in [0.29, 0.717) is 19.3 Å². The topological polar surface area (TPSA) is 54.9 Å². The summed E-state index contributed by atoms with van der Waals surface area (Å²) >= 11 is 0. The summed E-state index contributed by atoms with van der Waals surface area (Å²) in [6, 6.07) is 23.7. The molecule has 6 heteroatoms. The Morgan fingerprint density at radius 1 is 1.00 bits per heavy atom. The van der Waals surface area contributed by atoms with Crippen LogP contribution in [-0.2, 0) is 22.6 Å². The van der Waals surface area contributed by atoms with E-state index in [0.717, 1.165) is 32.0 Å². The number of nitrogens with one attached hydrogen (secondary N) is 2. The molecule has 0 saturated carbocycles. The van der Waals surface area contributed by atoms with Gasteiger partial charge in [-0.3, -0.25) is 4.99 Å². The maximum absolute atomic E-state index is 6.07. The number of nitrogens with zero attached hydrogens (tertiary/aromatic N) is 1. The first-order chi connectivity index (χ1) is 15.7. The highest BCUT2D eigenvalue weighted by Gasteiger charge is 2.14. The van der Waals surface area contributed by atoms with Crippen molar-refractivity contribution < 1.29 is 9.47 Å². The Hall–Kier alpha value is -2.16. The number of aliphatic imine (C=N–C) groups is 1. The van der Waals surface area contributed by atoms with Gasteiger partial charge in [-0.05, 0) is 53.3 Å². The van der Waals surface area contributed by atoms with Crippen LogP contribution >= 0.6 is 24.0 Å². The second kappa shape index (κ2) is 12.9. The number of fused-ring (bicyclic) bond motifs is 1. The molecule has 0 aromatic heterocycles. The van der Waals surface area contributed by atoms with Crippen LogP contribution in [0, 0.1) is 0 Å². The van der Waals surface area contributed by atoms with E-state index in [9.17, 15) is 0 Å². The molecule has 1 aliphatic rings. The predicted molar refractivity (Wildman–Crippen MR) is 146 cm³/mol. The van der Waals surface area contributed by atoms with Crippen LogP contribution in [0.1, 0.15) is 42.5 Å². The fraction of sp³-hybridized carbons (Fsp3) is 0.370. The van der Waals surface area contributed by atoms with Gasteiger partial charge >= 0.3 is 0 Å².